The van der Waals surface area contributed by atoms with Crippen molar-refractivity contribution in [2.24, 2.45) is 17.3 Å². The zero-order chi connectivity index (χ0) is 19.5. The lowest BCUT2D eigenvalue weighted by Crippen LogP contribution is -2.51. The molecule has 2 aromatic rings. The van der Waals surface area contributed by atoms with Crippen LogP contribution in [-0.4, -0.2) is 10.7 Å². The van der Waals surface area contributed by atoms with Crippen LogP contribution < -0.4 is 5.73 Å². The van der Waals surface area contributed by atoms with Gasteiger partial charge in [0.15, 0.2) is 0 Å². The molecule has 5 rings (SSSR count). The molecule has 28 heavy (non-hydrogen) atoms. The first-order chi connectivity index (χ1) is 13.4. The predicted octanol–water partition coefficient (Wildman–Crippen LogP) is 5.86. The minimum absolute atomic E-state index is 0.0204. The maximum absolute atomic E-state index is 11.9. The summed E-state index contributed by atoms with van der Waals surface area (Å²) < 4.78 is 1.10. The lowest BCUT2D eigenvalue weighted by Gasteiger charge is -2.53. The van der Waals surface area contributed by atoms with Crippen molar-refractivity contribution < 1.29 is 5.11 Å². The van der Waals surface area contributed by atoms with Crippen LogP contribution in [-0.2, 0) is 12.8 Å². The molecule has 0 bridgehead atoms. The highest BCUT2D eigenvalue weighted by Crippen LogP contribution is 2.64. The van der Waals surface area contributed by atoms with Crippen LogP contribution in [0.4, 0.5) is 5.69 Å². The van der Waals surface area contributed by atoms with E-state index >= 15 is 0 Å². The second-order valence-electron chi connectivity index (χ2n) is 9.70. The number of nitrogen functional groups attached to an aromatic ring is 1. The average Bonchev–Trinajstić information content (AvgIpc) is 2.94. The summed E-state index contributed by atoms with van der Waals surface area (Å²) >= 11 is 3.52. The third kappa shape index (κ3) is 2.77. The van der Waals surface area contributed by atoms with Gasteiger partial charge in [0.05, 0.1) is 5.60 Å². The number of hydrogen-bond donors (Lipinski definition) is 2. The monoisotopic (exact) mass is 439 g/mol. The van der Waals surface area contributed by atoms with Gasteiger partial charge in [-0.05, 0) is 103 Å². The van der Waals surface area contributed by atoms with Crippen LogP contribution in [0.3, 0.4) is 0 Å². The molecular weight excluding hydrogens is 410 g/mol. The lowest BCUT2D eigenvalue weighted by atomic mass is 9.53. The van der Waals surface area contributed by atoms with E-state index in [1.165, 1.54) is 29.5 Å². The van der Waals surface area contributed by atoms with E-state index in [2.05, 4.69) is 65.3 Å². The summed E-state index contributed by atoms with van der Waals surface area (Å²) in [6.07, 6.45) is 7.57. The molecule has 2 aromatic carbocycles. The molecule has 0 aromatic heterocycles. The highest BCUT2D eigenvalue weighted by atomic mass is 79.9. The van der Waals surface area contributed by atoms with Crippen molar-refractivity contribution >= 4 is 21.6 Å². The Morgan fingerprint density at radius 2 is 1.86 bits per heavy atom. The van der Waals surface area contributed by atoms with Gasteiger partial charge in [0.25, 0.3) is 0 Å². The van der Waals surface area contributed by atoms with Gasteiger partial charge in [-0.15, -0.1) is 0 Å². The maximum Gasteiger partial charge on any atom is 0.0744 e. The topological polar surface area (TPSA) is 46.2 Å². The van der Waals surface area contributed by atoms with Gasteiger partial charge in [-0.1, -0.05) is 41.1 Å². The number of aliphatic hydroxyl groups is 1. The van der Waals surface area contributed by atoms with E-state index in [0.29, 0.717) is 17.8 Å². The quantitative estimate of drug-likeness (QED) is 0.575. The first-order valence-corrected chi connectivity index (χ1v) is 11.5. The van der Waals surface area contributed by atoms with Gasteiger partial charge in [-0.3, -0.25) is 0 Å². The minimum atomic E-state index is -0.585. The van der Waals surface area contributed by atoms with E-state index in [4.69, 9.17) is 5.73 Å². The minimum Gasteiger partial charge on any atom is -0.399 e. The zero-order valence-corrected chi connectivity index (χ0v) is 18.2. The summed E-state index contributed by atoms with van der Waals surface area (Å²) in [5, 5.41) is 11.9. The summed E-state index contributed by atoms with van der Waals surface area (Å²) in [4.78, 5) is 0. The molecule has 3 aliphatic rings. The smallest absolute Gasteiger partial charge is 0.0744 e. The molecule has 3 aliphatic carbocycles. The summed E-state index contributed by atoms with van der Waals surface area (Å²) in [6.45, 7) is 2.39. The number of hydrogen-bond acceptors (Lipinski definition) is 2. The summed E-state index contributed by atoms with van der Waals surface area (Å²) in [5.74, 6) is 1.98. The number of benzene rings is 2. The van der Waals surface area contributed by atoms with Crippen molar-refractivity contribution in [2.45, 2.75) is 63.4 Å². The summed E-state index contributed by atoms with van der Waals surface area (Å²) in [7, 11) is 0. The molecular formula is C25H30BrNO. The van der Waals surface area contributed by atoms with E-state index in [1.807, 2.05) is 0 Å². The van der Waals surface area contributed by atoms with Crippen LogP contribution in [0.1, 0.15) is 61.6 Å². The molecule has 2 saturated carbocycles. The predicted molar refractivity (Wildman–Crippen MR) is 118 cm³/mol. The van der Waals surface area contributed by atoms with Gasteiger partial charge in [-0.2, -0.15) is 0 Å². The molecule has 0 saturated heterocycles. The number of rotatable bonds is 2. The Labute approximate surface area is 176 Å². The Balaban J connectivity index is 1.44. The Morgan fingerprint density at radius 1 is 1.07 bits per heavy atom. The second kappa shape index (κ2) is 6.60. The van der Waals surface area contributed by atoms with Gasteiger partial charge in [0.2, 0.25) is 0 Å². The van der Waals surface area contributed by atoms with Crippen molar-refractivity contribution in [1.82, 2.24) is 0 Å². The Hall–Kier alpha value is -1.32. The number of nitrogens with two attached hydrogens (primary N) is 1. The molecule has 0 aliphatic heterocycles. The molecule has 0 amide bonds. The summed E-state index contributed by atoms with van der Waals surface area (Å²) in [6, 6.07) is 15.1. The average molecular weight is 440 g/mol. The second-order valence-corrected chi connectivity index (χ2v) is 10.6. The van der Waals surface area contributed by atoms with Gasteiger partial charge >= 0.3 is 0 Å². The number of aryl methyl sites for hydroxylation is 1. The van der Waals surface area contributed by atoms with Gasteiger partial charge in [-0.25, -0.2) is 0 Å². The lowest BCUT2D eigenvalue weighted by molar-refractivity contribution is -0.102. The summed E-state index contributed by atoms with van der Waals surface area (Å²) in [5.41, 5.74) is 10.6. The van der Waals surface area contributed by atoms with Gasteiger partial charge < -0.3 is 10.8 Å². The fraction of sp³-hybridized carbons (Fsp3) is 0.520. The maximum atomic E-state index is 11.9. The van der Waals surface area contributed by atoms with Crippen LogP contribution >= 0.6 is 15.9 Å². The van der Waals surface area contributed by atoms with Crippen molar-refractivity contribution in [1.29, 1.82) is 0 Å². The largest absolute Gasteiger partial charge is 0.399 e. The van der Waals surface area contributed by atoms with Crippen LogP contribution in [0.2, 0.25) is 0 Å². The third-order valence-corrected chi connectivity index (χ3v) is 9.01. The van der Waals surface area contributed by atoms with E-state index in [1.54, 1.807) is 0 Å². The molecule has 5 atom stereocenters. The van der Waals surface area contributed by atoms with E-state index in [0.717, 1.165) is 42.3 Å². The van der Waals surface area contributed by atoms with E-state index in [9.17, 15) is 5.11 Å². The molecule has 3 N–H and O–H groups in total. The van der Waals surface area contributed by atoms with Crippen molar-refractivity contribution in [3.63, 3.8) is 0 Å². The van der Waals surface area contributed by atoms with Gasteiger partial charge in [0, 0.05) is 16.6 Å². The molecule has 0 radical (unpaired) electrons. The van der Waals surface area contributed by atoms with Crippen LogP contribution in [0, 0.1) is 17.3 Å². The first kappa shape index (κ1) is 18.7. The van der Waals surface area contributed by atoms with Crippen molar-refractivity contribution in [3.8, 4) is 0 Å². The van der Waals surface area contributed by atoms with Crippen LogP contribution in [0.15, 0.2) is 46.9 Å². The van der Waals surface area contributed by atoms with Gasteiger partial charge in [0.1, 0.15) is 0 Å². The Bertz CT molecular complexity index is 894. The highest BCUT2D eigenvalue weighted by Gasteiger charge is 2.61. The van der Waals surface area contributed by atoms with Crippen molar-refractivity contribution in [3.05, 3.63) is 63.6 Å². The number of fused-ring (bicyclic) bond motifs is 5. The van der Waals surface area contributed by atoms with Crippen LogP contribution in [0.5, 0.6) is 0 Å². The Morgan fingerprint density at radius 3 is 2.64 bits per heavy atom. The van der Waals surface area contributed by atoms with E-state index < -0.39 is 5.60 Å². The molecule has 3 unspecified atom stereocenters. The third-order valence-electron chi connectivity index (χ3n) is 8.48. The highest BCUT2D eigenvalue weighted by molar-refractivity contribution is 9.10. The fourth-order valence-electron chi connectivity index (χ4n) is 6.94. The standard InChI is InChI=1S/C25H30BrNO/c1-24-12-10-21-20-9-7-19(27)14-17(20)4-8-22(21)23(24)11-13-25(24,28)15-16-2-5-18(26)6-3-16/h2-3,5-7,9,14,21-23,28H,4,8,10-13,15,27H2,1H3/t21?,22?,23?,24-,25+/m0/s1. The molecule has 148 valence electrons. The Kier molecular flexibility index (Phi) is 4.41. The molecule has 0 heterocycles. The molecule has 2 fully saturated rings. The van der Waals surface area contributed by atoms with Crippen LogP contribution in [0.25, 0.3) is 0 Å². The fourth-order valence-corrected chi connectivity index (χ4v) is 7.21. The molecule has 0 spiro atoms. The normalized spacial score (nSPS) is 36.5. The SMILES string of the molecule is C[C@]12CCC3c4ccc(N)cc4CCC3C1CC[C@@]2(O)Cc1ccc(Br)cc1. The zero-order valence-electron chi connectivity index (χ0n) is 16.6. The van der Waals surface area contributed by atoms with E-state index in [-0.39, 0.29) is 5.41 Å². The number of halogens is 1. The van der Waals surface area contributed by atoms with Crippen molar-refractivity contribution in [2.75, 3.05) is 5.73 Å². The first-order valence-electron chi connectivity index (χ1n) is 10.7. The molecule has 3 heteroatoms. The molecule has 2 nitrogen and oxygen atoms in total. The number of anilines is 1.